The number of hydrogen-bond donors (Lipinski definition) is 3. The zero-order valence-electron chi connectivity index (χ0n) is 14.0. The summed E-state index contributed by atoms with van der Waals surface area (Å²) < 4.78 is 1.71. The molecule has 2 heterocycles. The smallest absolute Gasteiger partial charge is 0.248 e. The molecule has 3 N–H and O–H groups in total. The fourth-order valence-corrected chi connectivity index (χ4v) is 3.70. The number of piperidine rings is 1. The highest BCUT2D eigenvalue weighted by molar-refractivity contribution is 6.34. The molecule has 1 atom stereocenters. The summed E-state index contributed by atoms with van der Waals surface area (Å²) in [5, 5.41) is 21.6. The van der Waals surface area contributed by atoms with Crippen LogP contribution in [-0.4, -0.2) is 40.4 Å². The zero-order chi connectivity index (χ0) is 17.9. The van der Waals surface area contributed by atoms with E-state index in [9.17, 15) is 9.90 Å². The van der Waals surface area contributed by atoms with Crippen molar-refractivity contribution in [1.82, 2.24) is 20.4 Å². The highest BCUT2D eigenvalue weighted by atomic mass is 35.5. The number of nitrogens with one attached hydrogen (secondary N) is 2. The van der Waals surface area contributed by atoms with E-state index in [-0.39, 0.29) is 24.9 Å². The highest BCUT2D eigenvalue weighted by Gasteiger charge is 2.41. The number of hydrogen-bond acceptors (Lipinski definition) is 4. The van der Waals surface area contributed by atoms with Crippen LogP contribution >= 0.6 is 35.6 Å². The fraction of sp³-hybridized carbons (Fsp3) is 0.412. The lowest BCUT2D eigenvalue weighted by atomic mass is 9.87. The lowest BCUT2D eigenvalue weighted by Crippen LogP contribution is -2.55. The van der Waals surface area contributed by atoms with Gasteiger partial charge in [0.25, 0.3) is 0 Å². The van der Waals surface area contributed by atoms with Gasteiger partial charge in [0.05, 0.1) is 6.10 Å². The predicted molar refractivity (Wildman–Crippen MR) is 104 cm³/mol. The number of nitrogens with zero attached hydrogens (tertiary/aromatic N) is 2. The summed E-state index contributed by atoms with van der Waals surface area (Å²) in [5.41, 5.74) is -0.170. The van der Waals surface area contributed by atoms with Crippen LogP contribution in [0.1, 0.15) is 24.5 Å². The van der Waals surface area contributed by atoms with E-state index in [2.05, 4.69) is 15.7 Å². The van der Waals surface area contributed by atoms with Crippen LogP contribution in [-0.2, 0) is 10.3 Å². The van der Waals surface area contributed by atoms with Crippen molar-refractivity contribution in [3.63, 3.8) is 0 Å². The maximum absolute atomic E-state index is 12.9. The average Bonchev–Trinajstić information content (AvgIpc) is 3.14. The lowest BCUT2D eigenvalue weighted by Gasteiger charge is -2.36. The largest absolute Gasteiger partial charge is 0.387 e. The van der Waals surface area contributed by atoms with Gasteiger partial charge in [0.1, 0.15) is 5.54 Å². The van der Waals surface area contributed by atoms with E-state index in [1.165, 1.54) is 0 Å². The van der Waals surface area contributed by atoms with Gasteiger partial charge >= 0.3 is 0 Å². The van der Waals surface area contributed by atoms with Crippen molar-refractivity contribution in [3.8, 4) is 0 Å². The van der Waals surface area contributed by atoms with Crippen LogP contribution in [0.2, 0.25) is 10.0 Å². The first-order valence-corrected chi connectivity index (χ1v) is 8.90. The topological polar surface area (TPSA) is 79.2 Å². The summed E-state index contributed by atoms with van der Waals surface area (Å²) in [6.45, 7) is 1.55. The van der Waals surface area contributed by atoms with Gasteiger partial charge in [0.2, 0.25) is 5.91 Å². The van der Waals surface area contributed by atoms with Gasteiger partial charge in [-0.1, -0.05) is 23.2 Å². The number of rotatable bonds is 5. The summed E-state index contributed by atoms with van der Waals surface area (Å²) in [7, 11) is 0. The molecule has 3 rings (SSSR count). The maximum Gasteiger partial charge on any atom is 0.248 e. The van der Waals surface area contributed by atoms with Crippen LogP contribution in [0, 0.1) is 0 Å². The Morgan fingerprint density at radius 3 is 2.54 bits per heavy atom. The van der Waals surface area contributed by atoms with E-state index < -0.39 is 11.6 Å². The Balaban J connectivity index is 0.00000243. The molecule has 1 saturated heterocycles. The second-order valence-corrected chi connectivity index (χ2v) is 7.03. The summed E-state index contributed by atoms with van der Waals surface area (Å²) in [6, 6.07) is 6.68. The first-order chi connectivity index (χ1) is 12.0. The third-order valence-corrected chi connectivity index (χ3v) is 4.96. The van der Waals surface area contributed by atoms with Crippen LogP contribution in [0.5, 0.6) is 0 Å². The Labute approximate surface area is 168 Å². The number of aliphatic hydroxyl groups excluding tert-OH is 1. The molecule has 6 nitrogen and oxygen atoms in total. The van der Waals surface area contributed by atoms with Crippen molar-refractivity contribution < 1.29 is 9.90 Å². The number of benzene rings is 1. The van der Waals surface area contributed by atoms with Gasteiger partial charge in [-0.3, -0.25) is 9.48 Å². The molecule has 1 aliphatic rings. The van der Waals surface area contributed by atoms with Crippen LogP contribution in [0.4, 0.5) is 0 Å². The van der Waals surface area contributed by atoms with Crippen molar-refractivity contribution in [1.29, 1.82) is 0 Å². The van der Waals surface area contributed by atoms with Crippen LogP contribution < -0.4 is 10.6 Å². The highest BCUT2D eigenvalue weighted by Crippen LogP contribution is 2.28. The lowest BCUT2D eigenvalue weighted by molar-refractivity contribution is -0.132. The summed E-state index contributed by atoms with van der Waals surface area (Å²) >= 11 is 11.9. The van der Waals surface area contributed by atoms with E-state index in [0.717, 1.165) is 13.1 Å². The number of carbonyl (C=O) groups excluding carboxylic acids is 1. The minimum absolute atomic E-state index is 0. The van der Waals surface area contributed by atoms with Gasteiger partial charge in [0, 0.05) is 29.0 Å². The molecule has 1 aliphatic heterocycles. The molecular formula is C17H21Cl3N4O2. The Hall–Kier alpha value is -1.31. The van der Waals surface area contributed by atoms with Crippen LogP contribution in [0.3, 0.4) is 0 Å². The van der Waals surface area contributed by atoms with Gasteiger partial charge < -0.3 is 15.7 Å². The van der Waals surface area contributed by atoms with Gasteiger partial charge in [0.15, 0.2) is 0 Å². The third kappa shape index (κ3) is 4.50. The molecule has 0 radical (unpaired) electrons. The van der Waals surface area contributed by atoms with Crippen LogP contribution in [0.15, 0.2) is 36.7 Å². The molecular weight excluding hydrogens is 399 g/mol. The average molecular weight is 420 g/mol. The molecule has 2 aromatic rings. The maximum atomic E-state index is 12.9. The second-order valence-electron chi connectivity index (χ2n) is 6.16. The van der Waals surface area contributed by atoms with Crippen molar-refractivity contribution in [2.75, 3.05) is 19.6 Å². The van der Waals surface area contributed by atoms with Crippen LogP contribution in [0.25, 0.3) is 0 Å². The van der Waals surface area contributed by atoms with E-state index in [4.69, 9.17) is 23.2 Å². The molecule has 1 fully saturated rings. The normalized spacial score (nSPS) is 17.2. The standard InChI is InChI=1S/C17H20Cl2N4O2.ClH/c18-13-8-12(9-14(19)10-13)15(24)11-21-16(25)17(2-5-20-6-3-17)23-7-1-4-22-23;/h1,4,7-10,15,20,24H,2-3,5-6,11H2,(H,21,25);1H. The molecule has 9 heteroatoms. The van der Waals surface area contributed by atoms with Crippen molar-refractivity contribution in [2.24, 2.45) is 0 Å². The molecule has 1 aromatic heterocycles. The van der Waals surface area contributed by atoms with E-state index in [0.29, 0.717) is 28.5 Å². The monoisotopic (exact) mass is 418 g/mol. The summed E-state index contributed by atoms with van der Waals surface area (Å²) in [5.74, 6) is -0.148. The van der Waals surface area contributed by atoms with E-state index >= 15 is 0 Å². The SMILES string of the molecule is Cl.O=C(NCC(O)c1cc(Cl)cc(Cl)c1)C1(n2cccn2)CCNCC1. The van der Waals surface area contributed by atoms with E-state index in [1.807, 2.05) is 0 Å². The molecule has 0 aliphatic carbocycles. The molecule has 0 spiro atoms. The Morgan fingerprint density at radius 2 is 1.96 bits per heavy atom. The first kappa shape index (κ1) is 21.0. The Morgan fingerprint density at radius 1 is 1.31 bits per heavy atom. The third-order valence-electron chi connectivity index (χ3n) is 4.52. The van der Waals surface area contributed by atoms with E-state index in [1.54, 1.807) is 41.3 Å². The molecule has 1 unspecified atom stereocenters. The minimum atomic E-state index is -0.892. The minimum Gasteiger partial charge on any atom is -0.387 e. The number of aromatic nitrogens is 2. The van der Waals surface area contributed by atoms with Gasteiger partial charge in [-0.2, -0.15) is 5.10 Å². The van der Waals surface area contributed by atoms with Gasteiger partial charge in [-0.25, -0.2) is 0 Å². The number of halogens is 3. The zero-order valence-corrected chi connectivity index (χ0v) is 16.3. The fourth-order valence-electron chi connectivity index (χ4n) is 3.16. The van der Waals surface area contributed by atoms with Crippen molar-refractivity contribution in [3.05, 3.63) is 52.3 Å². The van der Waals surface area contributed by atoms with Gasteiger partial charge in [-0.15, -0.1) is 12.4 Å². The number of aliphatic hydroxyl groups is 1. The molecule has 1 amide bonds. The first-order valence-electron chi connectivity index (χ1n) is 8.14. The second kappa shape index (κ2) is 9.06. The molecule has 142 valence electrons. The molecule has 1 aromatic carbocycles. The Bertz CT molecular complexity index is 713. The van der Waals surface area contributed by atoms with Gasteiger partial charge in [-0.05, 0) is 55.8 Å². The Kier molecular flexibility index (Phi) is 7.32. The van der Waals surface area contributed by atoms with Crippen molar-refractivity contribution >= 4 is 41.5 Å². The molecule has 26 heavy (non-hydrogen) atoms. The number of amides is 1. The summed E-state index contributed by atoms with van der Waals surface area (Å²) in [4.78, 5) is 12.9. The molecule has 0 saturated carbocycles. The quantitative estimate of drug-likeness (QED) is 0.696. The van der Waals surface area contributed by atoms with Crippen molar-refractivity contribution in [2.45, 2.75) is 24.5 Å². The predicted octanol–water partition coefficient (Wildman–Crippen LogP) is 2.54. The number of carbonyl (C=O) groups is 1. The summed E-state index contributed by atoms with van der Waals surface area (Å²) in [6.07, 6.45) is 3.86. The molecule has 0 bridgehead atoms.